The molecule has 2 rings (SSSR count). The minimum Gasteiger partial charge on any atom is -0.480 e. The van der Waals surface area contributed by atoms with Gasteiger partial charge in [0, 0.05) is 18.8 Å². The summed E-state index contributed by atoms with van der Waals surface area (Å²) in [7, 11) is 0. The monoisotopic (exact) mass is 353 g/mol. The Morgan fingerprint density at radius 2 is 2.00 bits per heavy atom. The molecule has 1 unspecified atom stereocenters. The van der Waals surface area contributed by atoms with E-state index >= 15 is 0 Å². The van der Waals surface area contributed by atoms with Crippen molar-refractivity contribution in [3.63, 3.8) is 0 Å². The molecule has 1 heterocycles. The number of carboxylic acid groups (broad SMARTS) is 1. The SMILES string of the molecule is CCC(NC(=O)c1cn(CC)c2cc(F)c(F)c(N)c2c1=O)C(=O)O. The lowest BCUT2D eigenvalue weighted by atomic mass is 10.1. The number of halogens is 2. The van der Waals surface area contributed by atoms with E-state index in [0.717, 1.165) is 6.07 Å². The number of carbonyl (C=O) groups excluding carboxylic acids is 1. The summed E-state index contributed by atoms with van der Waals surface area (Å²) < 4.78 is 28.7. The zero-order chi connectivity index (χ0) is 18.9. The fraction of sp³-hybridized carbons (Fsp3) is 0.312. The molecule has 134 valence electrons. The number of hydrogen-bond donors (Lipinski definition) is 3. The standard InChI is InChI=1S/C16H17F2N3O4/c1-3-9(16(24)25)20-15(23)7-6-21(4-2)10-5-8(17)12(18)13(19)11(10)14(7)22/h5-6,9H,3-4,19H2,1-2H3,(H,20,23)(H,24,25). The van der Waals surface area contributed by atoms with Gasteiger partial charge < -0.3 is 20.7 Å². The van der Waals surface area contributed by atoms with Gasteiger partial charge >= 0.3 is 5.97 Å². The van der Waals surface area contributed by atoms with E-state index in [-0.39, 0.29) is 23.9 Å². The van der Waals surface area contributed by atoms with E-state index < -0.39 is 46.2 Å². The predicted molar refractivity (Wildman–Crippen MR) is 87.4 cm³/mol. The second-order valence-corrected chi connectivity index (χ2v) is 5.41. The molecule has 1 aromatic heterocycles. The lowest BCUT2D eigenvalue weighted by molar-refractivity contribution is -0.139. The second-order valence-electron chi connectivity index (χ2n) is 5.41. The Labute approximate surface area is 141 Å². The van der Waals surface area contributed by atoms with Crippen molar-refractivity contribution in [2.45, 2.75) is 32.9 Å². The summed E-state index contributed by atoms with van der Waals surface area (Å²) in [5.41, 5.74) is 3.60. The summed E-state index contributed by atoms with van der Waals surface area (Å²) in [5, 5.41) is 10.9. The number of nitrogens with two attached hydrogens (primary N) is 1. The lowest BCUT2D eigenvalue weighted by Crippen LogP contribution is -2.42. The topological polar surface area (TPSA) is 114 Å². The minimum absolute atomic E-state index is 0.0470. The summed E-state index contributed by atoms with van der Waals surface area (Å²) >= 11 is 0. The summed E-state index contributed by atoms with van der Waals surface area (Å²) in [6.07, 6.45) is 1.28. The van der Waals surface area contributed by atoms with Gasteiger partial charge in [0.15, 0.2) is 11.6 Å². The highest BCUT2D eigenvalue weighted by atomic mass is 19.2. The molecule has 0 spiro atoms. The van der Waals surface area contributed by atoms with E-state index in [1.165, 1.54) is 10.8 Å². The summed E-state index contributed by atoms with van der Waals surface area (Å²) in [5.74, 6) is -4.75. The van der Waals surface area contributed by atoms with Gasteiger partial charge in [0.05, 0.1) is 16.6 Å². The average molecular weight is 353 g/mol. The molecule has 0 aliphatic carbocycles. The van der Waals surface area contributed by atoms with Crippen LogP contribution in [0.5, 0.6) is 0 Å². The molecule has 2 aromatic rings. The maximum Gasteiger partial charge on any atom is 0.326 e. The number of nitrogens with zero attached hydrogens (tertiary/aromatic N) is 1. The molecule has 0 saturated carbocycles. The summed E-state index contributed by atoms with van der Waals surface area (Å²) in [6.45, 7) is 3.48. The van der Waals surface area contributed by atoms with E-state index in [1.54, 1.807) is 13.8 Å². The van der Waals surface area contributed by atoms with Crippen molar-refractivity contribution in [1.29, 1.82) is 0 Å². The molecule has 4 N–H and O–H groups in total. The molecule has 0 fully saturated rings. The van der Waals surface area contributed by atoms with Gasteiger partial charge in [0.2, 0.25) is 5.43 Å². The Balaban J connectivity index is 2.70. The van der Waals surface area contributed by atoms with Crippen molar-refractivity contribution < 1.29 is 23.5 Å². The summed E-state index contributed by atoms with van der Waals surface area (Å²) in [4.78, 5) is 35.9. The number of nitrogens with one attached hydrogen (secondary N) is 1. The molecule has 0 aliphatic heterocycles. The number of amides is 1. The van der Waals surface area contributed by atoms with Crippen molar-refractivity contribution in [2.75, 3.05) is 5.73 Å². The number of aromatic nitrogens is 1. The zero-order valence-corrected chi connectivity index (χ0v) is 13.6. The highest BCUT2D eigenvalue weighted by Gasteiger charge is 2.24. The maximum absolute atomic E-state index is 13.8. The van der Waals surface area contributed by atoms with Gasteiger partial charge in [-0.1, -0.05) is 6.92 Å². The molecule has 0 radical (unpaired) electrons. The third kappa shape index (κ3) is 3.17. The van der Waals surface area contributed by atoms with Crippen molar-refractivity contribution in [2.24, 2.45) is 0 Å². The number of rotatable bonds is 5. The Hall–Kier alpha value is -2.97. The zero-order valence-electron chi connectivity index (χ0n) is 13.6. The maximum atomic E-state index is 13.8. The fourth-order valence-corrected chi connectivity index (χ4v) is 2.51. The first kappa shape index (κ1) is 18.4. The number of pyridine rings is 1. The number of carbonyl (C=O) groups is 2. The van der Waals surface area contributed by atoms with Crippen LogP contribution < -0.4 is 16.5 Å². The predicted octanol–water partition coefficient (Wildman–Crippen LogP) is 1.47. The Bertz CT molecular complexity index is 924. The Kier molecular flexibility index (Phi) is 5.05. The molecule has 1 aromatic carbocycles. The van der Waals surface area contributed by atoms with Crippen LogP contribution in [0.4, 0.5) is 14.5 Å². The van der Waals surface area contributed by atoms with E-state index in [9.17, 15) is 23.2 Å². The first-order chi connectivity index (χ1) is 11.7. The smallest absolute Gasteiger partial charge is 0.326 e. The van der Waals surface area contributed by atoms with Gasteiger partial charge in [0.1, 0.15) is 11.6 Å². The number of hydrogen-bond acceptors (Lipinski definition) is 4. The minimum atomic E-state index is -1.37. The van der Waals surface area contributed by atoms with Crippen LogP contribution in [0.3, 0.4) is 0 Å². The average Bonchev–Trinajstić information content (AvgIpc) is 2.57. The number of anilines is 1. The van der Waals surface area contributed by atoms with E-state index in [1.807, 2.05) is 0 Å². The number of nitrogen functional groups attached to an aromatic ring is 1. The molecular formula is C16H17F2N3O4. The van der Waals surface area contributed by atoms with E-state index in [2.05, 4.69) is 5.32 Å². The number of benzene rings is 1. The highest BCUT2D eigenvalue weighted by Crippen LogP contribution is 2.24. The van der Waals surface area contributed by atoms with Gasteiger partial charge in [-0.2, -0.15) is 0 Å². The number of fused-ring (bicyclic) bond motifs is 1. The molecule has 0 saturated heterocycles. The molecule has 25 heavy (non-hydrogen) atoms. The van der Waals surface area contributed by atoms with Crippen molar-refractivity contribution >= 4 is 28.5 Å². The first-order valence-corrected chi connectivity index (χ1v) is 7.57. The van der Waals surface area contributed by atoms with Crippen LogP contribution in [0.2, 0.25) is 0 Å². The van der Waals surface area contributed by atoms with E-state index in [0.29, 0.717) is 0 Å². The van der Waals surface area contributed by atoms with Crippen LogP contribution >= 0.6 is 0 Å². The van der Waals surface area contributed by atoms with Crippen LogP contribution in [-0.2, 0) is 11.3 Å². The molecule has 9 heteroatoms. The van der Waals surface area contributed by atoms with Crippen LogP contribution in [0.1, 0.15) is 30.6 Å². The lowest BCUT2D eigenvalue weighted by Gasteiger charge is -2.15. The van der Waals surface area contributed by atoms with Crippen LogP contribution in [0.15, 0.2) is 17.1 Å². The first-order valence-electron chi connectivity index (χ1n) is 7.57. The molecule has 1 atom stereocenters. The van der Waals surface area contributed by atoms with Gasteiger partial charge in [-0.25, -0.2) is 13.6 Å². The molecule has 7 nitrogen and oxygen atoms in total. The molecule has 0 aliphatic rings. The van der Waals surface area contributed by atoms with Crippen LogP contribution in [-0.4, -0.2) is 27.6 Å². The van der Waals surface area contributed by atoms with Gasteiger partial charge in [-0.3, -0.25) is 9.59 Å². The van der Waals surface area contributed by atoms with Crippen molar-refractivity contribution in [3.8, 4) is 0 Å². The van der Waals surface area contributed by atoms with E-state index in [4.69, 9.17) is 10.8 Å². The summed E-state index contributed by atoms with van der Waals surface area (Å²) in [6, 6.07) is -0.348. The molecule has 1 amide bonds. The van der Waals surface area contributed by atoms with Crippen LogP contribution in [0.25, 0.3) is 10.9 Å². The van der Waals surface area contributed by atoms with Crippen molar-refractivity contribution in [3.05, 3.63) is 39.7 Å². The number of aliphatic carboxylic acids is 1. The van der Waals surface area contributed by atoms with Crippen molar-refractivity contribution in [1.82, 2.24) is 9.88 Å². The second kappa shape index (κ2) is 6.88. The number of aryl methyl sites for hydroxylation is 1. The quantitative estimate of drug-likeness (QED) is 0.704. The Morgan fingerprint density at radius 3 is 2.52 bits per heavy atom. The molecular weight excluding hydrogens is 336 g/mol. The third-order valence-electron chi connectivity index (χ3n) is 3.90. The van der Waals surface area contributed by atoms with Gasteiger partial charge in [-0.05, 0) is 13.3 Å². The van der Waals surface area contributed by atoms with Gasteiger partial charge in [-0.15, -0.1) is 0 Å². The molecule has 0 bridgehead atoms. The highest BCUT2D eigenvalue weighted by molar-refractivity contribution is 6.01. The largest absolute Gasteiger partial charge is 0.480 e. The van der Waals surface area contributed by atoms with Gasteiger partial charge in [0.25, 0.3) is 5.91 Å². The Morgan fingerprint density at radius 1 is 1.36 bits per heavy atom. The van der Waals surface area contributed by atoms with Crippen LogP contribution in [0, 0.1) is 11.6 Å². The number of carboxylic acids is 1. The normalized spacial score (nSPS) is 12.2. The third-order valence-corrected chi connectivity index (χ3v) is 3.90. The fourth-order valence-electron chi connectivity index (χ4n) is 2.51.